The van der Waals surface area contributed by atoms with E-state index in [4.69, 9.17) is 0 Å². The van der Waals surface area contributed by atoms with Gasteiger partial charge in [0.05, 0.1) is 5.01 Å². The minimum Gasteiger partial charge on any atom is -0.308 e. The Morgan fingerprint density at radius 1 is 1.39 bits per heavy atom. The first-order chi connectivity index (χ1) is 11.1. The highest BCUT2D eigenvalue weighted by atomic mass is 32.1. The summed E-state index contributed by atoms with van der Waals surface area (Å²) < 4.78 is 0. The first-order valence-corrected chi connectivity index (χ1v) is 8.96. The summed E-state index contributed by atoms with van der Waals surface area (Å²) in [7, 11) is 4.14. The molecule has 2 heterocycles. The maximum absolute atomic E-state index is 12.9. The molecule has 0 fully saturated rings. The zero-order chi connectivity index (χ0) is 16.2. The van der Waals surface area contributed by atoms with Gasteiger partial charge in [-0.3, -0.25) is 4.79 Å². The minimum absolute atomic E-state index is 0.208. The topological polar surface area (TPSA) is 36.4 Å². The summed E-state index contributed by atoms with van der Waals surface area (Å²) in [6.07, 6.45) is 5.12. The van der Waals surface area contributed by atoms with Crippen molar-refractivity contribution in [3.05, 3.63) is 46.4 Å². The largest absolute Gasteiger partial charge is 0.308 e. The lowest BCUT2D eigenvalue weighted by molar-refractivity contribution is -0.119. The number of anilines is 1. The van der Waals surface area contributed by atoms with Gasteiger partial charge in [-0.15, -0.1) is 11.3 Å². The van der Waals surface area contributed by atoms with Crippen molar-refractivity contribution < 1.29 is 4.79 Å². The second-order valence-electron chi connectivity index (χ2n) is 6.27. The molecule has 0 saturated heterocycles. The molecule has 0 unspecified atom stereocenters. The summed E-state index contributed by atoms with van der Waals surface area (Å²) >= 11 is 1.62. The second kappa shape index (κ2) is 7.23. The molecule has 4 nitrogen and oxygen atoms in total. The van der Waals surface area contributed by atoms with E-state index in [0.717, 1.165) is 36.5 Å². The maximum atomic E-state index is 12.9. The minimum atomic E-state index is 0.208. The van der Waals surface area contributed by atoms with Crippen LogP contribution in [0.5, 0.6) is 0 Å². The third kappa shape index (κ3) is 3.79. The van der Waals surface area contributed by atoms with Crippen molar-refractivity contribution >= 4 is 22.9 Å². The second-order valence-corrected chi connectivity index (χ2v) is 7.25. The molecule has 1 aromatic heterocycles. The van der Waals surface area contributed by atoms with Gasteiger partial charge in [-0.05, 0) is 38.6 Å². The number of nitrogens with zero attached hydrogens (tertiary/aromatic N) is 3. The molecular weight excluding hydrogens is 306 g/mol. The van der Waals surface area contributed by atoms with Crippen LogP contribution in [0.25, 0.3) is 0 Å². The van der Waals surface area contributed by atoms with Crippen molar-refractivity contribution in [1.29, 1.82) is 0 Å². The summed E-state index contributed by atoms with van der Waals surface area (Å²) in [4.78, 5) is 21.4. The van der Waals surface area contributed by atoms with E-state index in [1.54, 1.807) is 17.5 Å². The number of thiazole rings is 1. The van der Waals surface area contributed by atoms with Crippen molar-refractivity contribution in [1.82, 2.24) is 9.88 Å². The summed E-state index contributed by atoms with van der Waals surface area (Å²) in [6, 6.07) is 8.56. The number of carbonyl (C=O) groups is 1. The molecule has 23 heavy (non-hydrogen) atoms. The number of amides is 1. The van der Waals surface area contributed by atoms with Crippen LogP contribution in [-0.4, -0.2) is 42.5 Å². The Morgan fingerprint density at radius 2 is 2.22 bits per heavy atom. The monoisotopic (exact) mass is 329 g/mol. The van der Waals surface area contributed by atoms with Gasteiger partial charge in [0.15, 0.2) is 0 Å². The molecule has 122 valence electrons. The van der Waals surface area contributed by atoms with Gasteiger partial charge in [0.1, 0.15) is 0 Å². The van der Waals surface area contributed by atoms with Crippen LogP contribution >= 0.6 is 11.3 Å². The molecule has 1 aromatic carbocycles. The number of aromatic nitrogens is 1. The molecule has 2 aromatic rings. The van der Waals surface area contributed by atoms with Crippen molar-refractivity contribution in [2.24, 2.45) is 0 Å². The van der Waals surface area contributed by atoms with Gasteiger partial charge in [-0.1, -0.05) is 18.2 Å². The summed E-state index contributed by atoms with van der Waals surface area (Å²) in [5.41, 5.74) is 2.37. The van der Waals surface area contributed by atoms with E-state index < -0.39 is 0 Å². The molecule has 1 atom stereocenters. The normalized spacial score (nSPS) is 17.3. The Balaban J connectivity index is 1.80. The lowest BCUT2D eigenvalue weighted by Crippen LogP contribution is -2.48. The molecule has 0 radical (unpaired) electrons. The van der Waals surface area contributed by atoms with Gasteiger partial charge in [0.2, 0.25) is 5.91 Å². The van der Waals surface area contributed by atoms with Crippen LogP contribution in [0.1, 0.15) is 23.4 Å². The zero-order valence-electron chi connectivity index (χ0n) is 13.7. The number of fused-ring (bicyclic) bond motifs is 1. The number of likely N-dealkylation sites (N-methyl/N-ethyl adjacent to an activating group) is 1. The predicted molar refractivity (Wildman–Crippen MR) is 95.0 cm³/mol. The van der Waals surface area contributed by atoms with Crippen LogP contribution in [0.3, 0.4) is 0 Å². The van der Waals surface area contributed by atoms with Crippen LogP contribution < -0.4 is 4.90 Å². The average Bonchev–Trinajstić information content (AvgIpc) is 3.05. The van der Waals surface area contributed by atoms with E-state index in [1.165, 1.54) is 5.56 Å². The number of carbonyl (C=O) groups excluding carboxylic acids is 1. The molecule has 1 aliphatic rings. The van der Waals surface area contributed by atoms with E-state index in [0.29, 0.717) is 6.42 Å². The summed E-state index contributed by atoms with van der Waals surface area (Å²) in [5.74, 6) is 0.208. The van der Waals surface area contributed by atoms with E-state index in [-0.39, 0.29) is 11.9 Å². The Bertz CT molecular complexity index is 654. The Labute approximate surface area is 141 Å². The number of aryl methyl sites for hydroxylation is 2. The highest BCUT2D eigenvalue weighted by molar-refractivity contribution is 7.09. The van der Waals surface area contributed by atoms with Crippen molar-refractivity contribution in [2.45, 2.75) is 31.7 Å². The van der Waals surface area contributed by atoms with Crippen LogP contribution in [0.2, 0.25) is 0 Å². The molecular formula is C18H23N3OS. The molecule has 3 rings (SSSR count). The summed E-state index contributed by atoms with van der Waals surface area (Å²) in [6.45, 7) is 0.900. The molecule has 0 spiro atoms. The van der Waals surface area contributed by atoms with Gasteiger partial charge in [0.25, 0.3) is 0 Å². The number of benzene rings is 1. The fourth-order valence-electron chi connectivity index (χ4n) is 3.25. The molecule has 0 N–H and O–H groups in total. The number of hydrogen-bond acceptors (Lipinski definition) is 4. The van der Waals surface area contributed by atoms with E-state index in [1.807, 2.05) is 16.3 Å². The zero-order valence-corrected chi connectivity index (χ0v) is 14.6. The van der Waals surface area contributed by atoms with Crippen LogP contribution in [-0.2, 0) is 17.6 Å². The molecule has 0 saturated carbocycles. The fraction of sp³-hybridized carbons (Fsp3) is 0.444. The Morgan fingerprint density at radius 3 is 2.96 bits per heavy atom. The lowest BCUT2D eigenvalue weighted by Gasteiger charge is -2.38. The molecule has 0 bridgehead atoms. The third-order valence-corrected chi connectivity index (χ3v) is 5.08. The van der Waals surface area contributed by atoms with E-state index >= 15 is 0 Å². The van der Waals surface area contributed by atoms with Crippen LogP contribution in [0.15, 0.2) is 35.8 Å². The quantitative estimate of drug-likeness (QED) is 0.846. The first-order valence-electron chi connectivity index (χ1n) is 8.08. The highest BCUT2D eigenvalue weighted by Crippen LogP contribution is 2.31. The van der Waals surface area contributed by atoms with Crippen LogP contribution in [0, 0.1) is 0 Å². The van der Waals surface area contributed by atoms with Gasteiger partial charge < -0.3 is 9.80 Å². The third-order valence-electron chi connectivity index (χ3n) is 4.24. The Hall–Kier alpha value is -1.72. The number of para-hydroxylation sites is 1. The molecule has 1 aliphatic heterocycles. The smallest absolute Gasteiger partial charge is 0.227 e. The fourth-order valence-corrected chi connectivity index (χ4v) is 3.87. The van der Waals surface area contributed by atoms with Gasteiger partial charge in [-0.2, -0.15) is 0 Å². The van der Waals surface area contributed by atoms with E-state index in [2.05, 4.69) is 42.2 Å². The molecule has 1 amide bonds. The Kier molecular flexibility index (Phi) is 5.08. The van der Waals surface area contributed by atoms with Crippen LogP contribution in [0.4, 0.5) is 5.69 Å². The molecule has 5 heteroatoms. The number of hydrogen-bond donors (Lipinski definition) is 0. The maximum Gasteiger partial charge on any atom is 0.227 e. The summed E-state index contributed by atoms with van der Waals surface area (Å²) in [5, 5.41) is 3.00. The van der Waals surface area contributed by atoms with Gasteiger partial charge in [-0.25, -0.2) is 4.98 Å². The predicted octanol–water partition coefficient (Wildman–Crippen LogP) is 2.99. The van der Waals surface area contributed by atoms with E-state index in [9.17, 15) is 4.79 Å². The SMILES string of the molecule is CN(C)C[C@H]1CCc2ccccc2N1C(=O)CCc1nccs1. The average molecular weight is 329 g/mol. The standard InChI is InChI=1S/C18H23N3OS/c1-20(2)13-15-8-7-14-5-3-4-6-16(14)21(15)18(22)10-9-17-19-11-12-23-17/h3-6,11-12,15H,7-10,13H2,1-2H3/t15-/m1/s1. The van der Waals surface area contributed by atoms with Gasteiger partial charge >= 0.3 is 0 Å². The lowest BCUT2D eigenvalue weighted by atomic mass is 9.95. The van der Waals surface area contributed by atoms with Crippen molar-refractivity contribution in [3.8, 4) is 0 Å². The number of rotatable bonds is 5. The van der Waals surface area contributed by atoms with Gasteiger partial charge in [0, 0.05) is 42.7 Å². The first kappa shape index (κ1) is 16.1. The molecule has 0 aliphatic carbocycles. The highest BCUT2D eigenvalue weighted by Gasteiger charge is 2.30. The van der Waals surface area contributed by atoms with Crippen molar-refractivity contribution in [2.75, 3.05) is 25.5 Å². The van der Waals surface area contributed by atoms with Crippen molar-refractivity contribution in [3.63, 3.8) is 0 Å².